The summed E-state index contributed by atoms with van der Waals surface area (Å²) in [5.74, 6) is 0.0801. The van der Waals surface area contributed by atoms with Crippen molar-refractivity contribution in [2.75, 3.05) is 5.32 Å². The van der Waals surface area contributed by atoms with E-state index in [1.165, 1.54) is 6.07 Å². The summed E-state index contributed by atoms with van der Waals surface area (Å²) in [6.45, 7) is -2.93. The van der Waals surface area contributed by atoms with Crippen molar-refractivity contribution in [2.45, 2.75) is 12.8 Å². The zero-order chi connectivity index (χ0) is 14.8. The molecule has 0 saturated heterocycles. The minimum atomic E-state index is -2.93. The monoisotopic (exact) mass is 291 g/mol. The second-order valence-electron chi connectivity index (χ2n) is 4.37. The summed E-state index contributed by atoms with van der Waals surface area (Å²) in [6.07, 6.45) is 0.859. The van der Waals surface area contributed by atoms with E-state index in [4.69, 9.17) is 0 Å². The Bertz CT molecular complexity index is 679. The molecule has 0 aliphatic carbocycles. The summed E-state index contributed by atoms with van der Waals surface area (Å²) in [5.41, 5.74) is 0.809. The van der Waals surface area contributed by atoms with Gasteiger partial charge in [0.15, 0.2) is 0 Å². The van der Waals surface area contributed by atoms with Gasteiger partial charge in [0.2, 0.25) is 0 Å². The van der Waals surface area contributed by atoms with Gasteiger partial charge < -0.3 is 15.4 Å². The van der Waals surface area contributed by atoms with Gasteiger partial charge in [-0.15, -0.1) is 0 Å². The Hall–Kier alpha value is -2.70. The van der Waals surface area contributed by atoms with E-state index >= 15 is 0 Å². The van der Waals surface area contributed by atoms with Crippen molar-refractivity contribution in [1.29, 1.82) is 0 Å². The first kappa shape index (κ1) is 13.3. The molecule has 0 fully saturated rings. The van der Waals surface area contributed by atoms with Crippen LogP contribution in [0.1, 0.15) is 22.1 Å². The molecule has 2 aromatic rings. The number of para-hydroxylation sites is 1. The quantitative estimate of drug-likeness (QED) is 0.912. The fraction of sp³-hybridized carbons (Fsp3) is 0.143. The van der Waals surface area contributed by atoms with Crippen LogP contribution in [0.2, 0.25) is 0 Å². The maximum absolute atomic E-state index is 12.4. The molecule has 0 bridgehead atoms. The minimum absolute atomic E-state index is 0.00433. The number of carbonyl (C=O) groups is 1. The van der Waals surface area contributed by atoms with Crippen LogP contribution < -0.4 is 15.4 Å². The number of aromatic nitrogens is 1. The van der Waals surface area contributed by atoms with Crippen molar-refractivity contribution >= 4 is 11.7 Å². The smallest absolute Gasteiger partial charge is 0.387 e. The third-order valence-electron chi connectivity index (χ3n) is 3.05. The van der Waals surface area contributed by atoms with E-state index in [0.717, 1.165) is 0 Å². The molecule has 1 unspecified atom stereocenters. The van der Waals surface area contributed by atoms with Gasteiger partial charge in [0.05, 0.1) is 5.56 Å². The summed E-state index contributed by atoms with van der Waals surface area (Å²) in [5, 5.41) is 5.68. The molecule has 5 nitrogen and oxygen atoms in total. The summed E-state index contributed by atoms with van der Waals surface area (Å²) in [4.78, 5) is 16.1. The zero-order valence-corrected chi connectivity index (χ0v) is 10.7. The SMILES string of the molecule is O=C1NC(c2ccccc2OC(F)F)Nc2ncccc21. The summed E-state index contributed by atoms with van der Waals surface area (Å²) >= 11 is 0. The Morgan fingerprint density at radius 2 is 1.95 bits per heavy atom. The molecule has 1 aromatic heterocycles. The number of nitrogens with zero attached hydrogens (tertiary/aromatic N) is 1. The summed E-state index contributed by atoms with van der Waals surface area (Å²) in [7, 11) is 0. The molecule has 1 aliphatic heterocycles. The maximum Gasteiger partial charge on any atom is 0.387 e. The van der Waals surface area contributed by atoms with E-state index in [0.29, 0.717) is 16.9 Å². The highest BCUT2D eigenvalue weighted by Gasteiger charge is 2.27. The van der Waals surface area contributed by atoms with Crippen LogP contribution in [0.5, 0.6) is 5.75 Å². The lowest BCUT2D eigenvalue weighted by atomic mass is 10.1. The number of nitrogens with one attached hydrogen (secondary N) is 2. The van der Waals surface area contributed by atoms with Crippen LogP contribution in [-0.2, 0) is 0 Å². The third-order valence-corrected chi connectivity index (χ3v) is 3.05. The van der Waals surface area contributed by atoms with Crippen LogP contribution in [0.25, 0.3) is 0 Å². The van der Waals surface area contributed by atoms with E-state index in [1.807, 2.05) is 0 Å². The van der Waals surface area contributed by atoms with Crippen molar-refractivity contribution in [2.24, 2.45) is 0 Å². The van der Waals surface area contributed by atoms with E-state index in [1.54, 1.807) is 36.5 Å². The molecule has 0 radical (unpaired) electrons. The maximum atomic E-state index is 12.4. The lowest BCUT2D eigenvalue weighted by Gasteiger charge is -2.28. The Labute approximate surface area is 119 Å². The highest BCUT2D eigenvalue weighted by atomic mass is 19.3. The first-order valence-electron chi connectivity index (χ1n) is 6.21. The minimum Gasteiger partial charge on any atom is -0.434 e. The van der Waals surface area contributed by atoms with E-state index in [2.05, 4.69) is 20.4 Å². The third kappa shape index (κ3) is 2.62. The van der Waals surface area contributed by atoms with Crippen LogP contribution in [0.15, 0.2) is 42.6 Å². The first-order valence-corrected chi connectivity index (χ1v) is 6.21. The number of alkyl halides is 2. The number of halogens is 2. The van der Waals surface area contributed by atoms with Gasteiger partial charge in [0.25, 0.3) is 5.91 Å². The van der Waals surface area contributed by atoms with E-state index in [-0.39, 0.29) is 11.7 Å². The highest BCUT2D eigenvalue weighted by Crippen LogP contribution is 2.30. The van der Waals surface area contributed by atoms with Gasteiger partial charge in [0.1, 0.15) is 17.7 Å². The molecule has 2 N–H and O–H groups in total. The molecular weight excluding hydrogens is 280 g/mol. The number of hydrogen-bond donors (Lipinski definition) is 2. The number of benzene rings is 1. The number of hydrogen-bond acceptors (Lipinski definition) is 4. The van der Waals surface area contributed by atoms with Crippen molar-refractivity contribution in [3.8, 4) is 5.75 Å². The normalized spacial score (nSPS) is 16.9. The van der Waals surface area contributed by atoms with Gasteiger partial charge in [0, 0.05) is 11.8 Å². The molecule has 108 valence electrons. The zero-order valence-electron chi connectivity index (χ0n) is 10.7. The van der Waals surface area contributed by atoms with Crippen LogP contribution in [0.3, 0.4) is 0 Å². The molecular formula is C14H11F2N3O2. The van der Waals surface area contributed by atoms with Crippen molar-refractivity contribution in [3.05, 3.63) is 53.7 Å². The van der Waals surface area contributed by atoms with Gasteiger partial charge in [-0.3, -0.25) is 4.79 Å². The molecule has 1 amide bonds. The van der Waals surface area contributed by atoms with Crippen LogP contribution >= 0.6 is 0 Å². The number of amides is 1. The lowest BCUT2D eigenvalue weighted by molar-refractivity contribution is -0.0506. The molecule has 1 atom stereocenters. The molecule has 0 spiro atoms. The van der Waals surface area contributed by atoms with Crippen LogP contribution in [-0.4, -0.2) is 17.5 Å². The number of fused-ring (bicyclic) bond motifs is 1. The highest BCUT2D eigenvalue weighted by molar-refractivity contribution is 6.00. The first-order chi connectivity index (χ1) is 10.1. The number of carbonyl (C=O) groups excluding carboxylic acids is 1. The molecule has 1 aliphatic rings. The Balaban J connectivity index is 1.94. The summed E-state index contributed by atoms with van der Waals surface area (Å²) < 4.78 is 29.4. The predicted octanol–water partition coefficient (Wildman–Crippen LogP) is 2.54. The largest absolute Gasteiger partial charge is 0.434 e. The van der Waals surface area contributed by atoms with E-state index < -0.39 is 12.8 Å². The average Bonchev–Trinajstić information content (AvgIpc) is 2.47. The molecule has 21 heavy (non-hydrogen) atoms. The Kier molecular flexibility index (Phi) is 3.39. The summed E-state index contributed by atoms with van der Waals surface area (Å²) in [6, 6.07) is 9.55. The molecule has 1 aromatic carbocycles. The van der Waals surface area contributed by atoms with E-state index in [9.17, 15) is 13.6 Å². The second kappa shape index (κ2) is 5.35. The number of ether oxygens (including phenoxy) is 1. The van der Waals surface area contributed by atoms with Gasteiger partial charge >= 0.3 is 6.61 Å². The molecule has 0 saturated carbocycles. The van der Waals surface area contributed by atoms with Gasteiger partial charge in [-0.1, -0.05) is 18.2 Å². The van der Waals surface area contributed by atoms with Crippen LogP contribution in [0.4, 0.5) is 14.6 Å². The molecule has 2 heterocycles. The Morgan fingerprint density at radius 3 is 2.76 bits per heavy atom. The van der Waals surface area contributed by atoms with Crippen LogP contribution in [0, 0.1) is 0 Å². The number of anilines is 1. The molecule has 3 rings (SSSR count). The fourth-order valence-electron chi connectivity index (χ4n) is 2.16. The van der Waals surface area contributed by atoms with Crippen molar-refractivity contribution in [3.63, 3.8) is 0 Å². The number of pyridine rings is 1. The topological polar surface area (TPSA) is 63.2 Å². The van der Waals surface area contributed by atoms with Gasteiger partial charge in [-0.25, -0.2) is 4.98 Å². The van der Waals surface area contributed by atoms with Gasteiger partial charge in [-0.2, -0.15) is 8.78 Å². The molecule has 7 heteroatoms. The fourth-order valence-corrected chi connectivity index (χ4v) is 2.16. The van der Waals surface area contributed by atoms with Gasteiger partial charge in [-0.05, 0) is 18.2 Å². The Morgan fingerprint density at radius 1 is 1.14 bits per heavy atom. The van der Waals surface area contributed by atoms with Crippen molar-refractivity contribution in [1.82, 2.24) is 10.3 Å². The lowest BCUT2D eigenvalue weighted by Crippen LogP contribution is -2.39. The van der Waals surface area contributed by atoms with Crippen molar-refractivity contribution < 1.29 is 18.3 Å². The standard InChI is InChI=1S/C14H11F2N3O2/c15-14(16)21-10-6-2-1-4-8(10)12-18-11-9(13(20)19-12)5-3-7-17-11/h1-7,12,14H,(H,17,18)(H,19,20). The predicted molar refractivity (Wildman–Crippen MR) is 71.1 cm³/mol. The second-order valence-corrected chi connectivity index (χ2v) is 4.37. The average molecular weight is 291 g/mol. The number of rotatable bonds is 3.